The molecule has 0 spiro atoms. The fourth-order valence-corrected chi connectivity index (χ4v) is 6.28. The number of fused-ring (bicyclic) bond motifs is 1. The van der Waals surface area contributed by atoms with Crippen molar-refractivity contribution in [3.05, 3.63) is 53.1 Å². The van der Waals surface area contributed by atoms with Crippen LogP contribution in [0.15, 0.2) is 36.4 Å². The Morgan fingerprint density at radius 1 is 1.00 bits per heavy atom. The predicted molar refractivity (Wildman–Crippen MR) is 158 cm³/mol. The van der Waals surface area contributed by atoms with Gasteiger partial charge in [0.05, 0.1) is 12.8 Å². The molecule has 2 aromatic carbocycles. The standard InChI is InChI=1S/C33H44N2O6/c1-20(2)27(35-31(38)41-32(4,5)6)29(36)40-24-16-14-23(15-17-24)33(22-12-10-8-9-11-13-22)25-18-19-26(39-7)21(3)28(25)34-30(33)37/h14-20,22,27H,8-13H2,1-7H3,(H,34,37)(H,35,38). The molecule has 0 bridgehead atoms. The van der Waals surface area contributed by atoms with Crippen LogP contribution in [0.3, 0.4) is 0 Å². The number of amides is 2. The molecule has 1 aliphatic heterocycles. The van der Waals surface area contributed by atoms with Gasteiger partial charge in [-0.1, -0.05) is 57.7 Å². The Bertz CT molecular complexity index is 1270. The number of methoxy groups -OCH3 is 1. The zero-order valence-electron chi connectivity index (χ0n) is 25.4. The van der Waals surface area contributed by atoms with Crippen molar-refractivity contribution in [2.75, 3.05) is 12.4 Å². The van der Waals surface area contributed by atoms with Crippen LogP contribution in [0.25, 0.3) is 0 Å². The first kappa shape index (κ1) is 30.4. The molecule has 2 aliphatic rings. The van der Waals surface area contributed by atoms with Gasteiger partial charge in [-0.05, 0) is 81.7 Å². The smallest absolute Gasteiger partial charge is 0.408 e. The van der Waals surface area contributed by atoms with E-state index in [2.05, 4.69) is 10.6 Å². The van der Waals surface area contributed by atoms with Gasteiger partial charge in [0.1, 0.15) is 28.6 Å². The summed E-state index contributed by atoms with van der Waals surface area (Å²) in [5.41, 5.74) is 2.04. The molecular formula is C33H44N2O6. The molecule has 8 heteroatoms. The molecule has 2 atom stereocenters. The molecule has 2 amide bonds. The predicted octanol–water partition coefficient (Wildman–Crippen LogP) is 6.67. The number of rotatable bonds is 7. The minimum absolute atomic E-state index is 0.0260. The second kappa shape index (κ2) is 12.1. The van der Waals surface area contributed by atoms with E-state index in [1.807, 2.05) is 45.0 Å². The normalized spacial score (nSPS) is 20.0. The first-order chi connectivity index (χ1) is 19.4. The van der Waals surface area contributed by atoms with Gasteiger partial charge in [0, 0.05) is 5.56 Å². The third-order valence-electron chi connectivity index (χ3n) is 8.25. The van der Waals surface area contributed by atoms with E-state index in [0.717, 1.165) is 53.8 Å². The van der Waals surface area contributed by atoms with Crippen molar-refractivity contribution in [1.29, 1.82) is 0 Å². The highest BCUT2D eigenvalue weighted by Crippen LogP contribution is 2.53. The Labute approximate surface area is 243 Å². The summed E-state index contributed by atoms with van der Waals surface area (Å²) in [4.78, 5) is 39.5. The van der Waals surface area contributed by atoms with Gasteiger partial charge in [-0.25, -0.2) is 9.59 Å². The first-order valence-electron chi connectivity index (χ1n) is 14.7. The molecule has 1 saturated carbocycles. The van der Waals surface area contributed by atoms with Crippen molar-refractivity contribution >= 4 is 23.7 Å². The Morgan fingerprint density at radius 2 is 1.63 bits per heavy atom. The minimum Gasteiger partial charge on any atom is -0.496 e. The fourth-order valence-electron chi connectivity index (χ4n) is 6.28. The summed E-state index contributed by atoms with van der Waals surface area (Å²) >= 11 is 0. The fraction of sp³-hybridized carbons (Fsp3) is 0.545. The quantitative estimate of drug-likeness (QED) is 0.221. The molecule has 4 rings (SSSR count). The van der Waals surface area contributed by atoms with E-state index >= 15 is 0 Å². The number of hydrogen-bond donors (Lipinski definition) is 2. The summed E-state index contributed by atoms with van der Waals surface area (Å²) in [6.07, 6.45) is 5.76. The number of carbonyl (C=O) groups excluding carboxylic acids is 3. The maximum absolute atomic E-state index is 14.1. The van der Waals surface area contributed by atoms with Crippen LogP contribution >= 0.6 is 0 Å². The summed E-state index contributed by atoms with van der Waals surface area (Å²) < 4.78 is 16.6. The van der Waals surface area contributed by atoms with E-state index in [4.69, 9.17) is 14.2 Å². The van der Waals surface area contributed by atoms with Crippen LogP contribution in [-0.2, 0) is 19.7 Å². The number of hydrogen-bond acceptors (Lipinski definition) is 6. The summed E-state index contributed by atoms with van der Waals surface area (Å²) in [6.45, 7) is 10.9. The molecule has 0 radical (unpaired) electrons. The second-order valence-corrected chi connectivity index (χ2v) is 12.6. The van der Waals surface area contributed by atoms with Gasteiger partial charge in [0.15, 0.2) is 0 Å². The molecule has 1 heterocycles. The Morgan fingerprint density at radius 3 is 2.20 bits per heavy atom. The Hall–Kier alpha value is -3.55. The highest BCUT2D eigenvalue weighted by molar-refractivity contribution is 6.10. The second-order valence-electron chi connectivity index (χ2n) is 12.6. The molecule has 0 aromatic heterocycles. The van der Waals surface area contributed by atoms with Crippen LogP contribution in [0.2, 0.25) is 0 Å². The molecule has 1 fully saturated rings. The van der Waals surface area contributed by atoms with E-state index in [1.54, 1.807) is 40.0 Å². The Kier molecular flexibility index (Phi) is 9.00. The molecular weight excluding hydrogens is 520 g/mol. The van der Waals surface area contributed by atoms with Gasteiger partial charge in [0.2, 0.25) is 5.91 Å². The van der Waals surface area contributed by atoms with Crippen LogP contribution in [-0.4, -0.2) is 36.7 Å². The third kappa shape index (κ3) is 6.21. The average molecular weight is 565 g/mol. The number of benzene rings is 2. The molecule has 0 saturated heterocycles. The maximum atomic E-state index is 14.1. The van der Waals surface area contributed by atoms with E-state index in [9.17, 15) is 14.4 Å². The monoisotopic (exact) mass is 564 g/mol. The highest BCUT2D eigenvalue weighted by atomic mass is 16.6. The molecule has 1 aliphatic carbocycles. The van der Waals surface area contributed by atoms with Crippen molar-refractivity contribution < 1.29 is 28.6 Å². The van der Waals surface area contributed by atoms with Crippen molar-refractivity contribution in [3.63, 3.8) is 0 Å². The van der Waals surface area contributed by atoms with Gasteiger partial charge in [-0.3, -0.25) is 4.79 Å². The van der Waals surface area contributed by atoms with Crippen molar-refractivity contribution in [1.82, 2.24) is 5.32 Å². The van der Waals surface area contributed by atoms with Gasteiger partial charge < -0.3 is 24.8 Å². The van der Waals surface area contributed by atoms with Crippen LogP contribution in [0.1, 0.15) is 89.8 Å². The van der Waals surface area contributed by atoms with Crippen LogP contribution in [0.4, 0.5) is 10.5 Å². The zero-order valence-corrected chi connectivity index (χ0v) is 25.4. The molecule has 2 N–H and O–H groups in total. The lowest BCUT2D eigenvalue weighted by atomic mass is 9.64. The third-order valence-corrected chi connectivity index (χ3v) is 8.25. The van der Waals surface area contributed by atoms with E-state index in [0.29, 0.717) is 5.75 Å². The summed E-state index contributed by atoms with van der Waals surface area (Å²) in [5.74, 6) is 0.395. The molecule has 2 aromatic rings. The van der Waals surface area contributed by atoms with E-state index in [-0.39, 0.29) is 17.7 Å². The molecule has 41 heavy (non-hydrogen) atoms. The lowest BCUT2D eigenvalue weighted by Crippen LogP contribution is -2.48. The van der Waals surface area contributed by atoms with Crippen LogP contribution in [0.5, 0.6) is 11.5 Å². The number of alkyl carbamates (subject to hydrolysis) is 1. The van der Waals surface area contributed by atoms with E-state index in [1.165, 1.54) is 12.8 Å². The highest BCUT2D eigenvalue weighted by Gasteiger charge is 2.53. The summed E-state index contributed by atoms with van der Waals surface area (Å²) in [6, 6.07) is 10.3. The van der Waals surface area contributed by atoms with Gasteiger partial charge in [-0.15, -0.1) is 0 Å². The van der Waals surface area contributed by atoms with Crippen molar-refractivity contribution in [2.24, 2.45) is 11.8 Å². The lowest BCUT2D eigenvalue weighted by Gasteiger charge is -2.36. The Balaban J connectivity index is 1.65. The van der Waals surface area contributed by atoms with Crippen LogP contribution in [0, 0.1) is 18.8 Å². The van der Waals surface area contributed by atoms with Crippen LogP contribution < -0.4 is 20.1 Å². The first-order valence-corrected chi connectivity index (χ1v) is 14.7. The number of esters is 1. The molecule has 2 unspecified atom stereocenters. The summed E-state index contributed by atoms with van der Waals surface area (Å²) in [7, 11) is 1.64. The van der Waals surface area contributed by atoms with Gasteiger partial charge in [-0.2, -0.15) is 0 Å². The van der Waals surface area contributed by atoms with Gasteiger partial charge >= 0.3 is 12.1 Å². The number of nitrogens with one attached hydrogen (secondary N) is 2. The largest absolute Gasteiger partial charge is 0.496 e. The zero-order chi connectivity index (χ0) is 29.9. The molecule has 222 valence electrons. The minimum atomic E-state index is -0.882. The van der Waals surface area contributed by atoms with Crippen molar-refractivity contribution in [3.8, 4) is 11.5 Å². The van der Waals surface area contributed by atoms with Gasteiger partial charge in [0.25, 0.3) is 0 Å². The van der Waals surface area contributed by atoms with E-state index < -0.39 is 29.1 Å². The number of carbonyl (C=O) groups is 3. The topological polar surface area (TPSA) is 103 Å². The molecule has 8 nitrogen and oxygen atoms in total. The maximum Gasteiger partial charge on any atom is 0.408 e. The summed E-state index contributed by atoms with van der Waals surface area (Å²) in [5, 5.41) is 5.84. The number of ether oxygens (including phenoxy) is 3. The van der Waals surface area contributed by atoms with Crippen molar-refractivity contribution in [2.45, 2.75) is 97.1 Å². The SMILES string of the molecule is COc1ccc2c(c1C)NC(=O)C2(c1ccc(OC(=O)C(NC(=O)OC(C)(C)C)C(C)C)cc1)C1CCCCCC1. The lowest BCUT2D eigenvalue weighted by molar-refractivity contribution is -0.138. The average Bonchev–Trinajstić information content (AvgIpc) is 3.04. The number of anilines is 1.